The van der Waals surface area contributed by atoms with Crippen LogP contribution in [-0.2, 0) is 12.7 Å². The van der Waals surface area contributed by atoms with Crippen LogP contribution in [0.3, 0.4) is 0 Å². The summed E-state index contributed by atoms with van der Waals surface area (Å²) in [7, 11) is 1.23. The van der Waals surface area contributed by atoms with Crippen LogP contribution in [-0.4, -0.2) is 19.0 Å². The molecule has 0 unspecified atom stereocenters. The van der Waals surface area contributed by atoms with Gasteiger partial charge in [-0.15, -0.1) is 0 Å². The molecule has 3 amide bonds. The van der Waals surface area contributed by atoms with Gasteiger partial charge < -0.3 is 25.4 Å². The van der Waals surface area contributed by atoms with Crippen LogP contribution in [0, 0.1) is 0 Å². The van der Waals surface area contributed by atoms with Crippen LogP contribution < -0.4 is 25.4 Å². The van der Waals surface area contributed by atoms with E-state index in [-0.39, 0.29) is 28.1 Å². The molecule has 1 aliphatic heterocycles. The standard InChI is InChI=1S/C23H16Cl2F3N3O4/c1-34-20-9-16(24)15(23(26,27)28)8-19(20)31-22(33)30-18-5-3-13(7-17(18)25)35-12-2-4-14-11(6-12)10-29-21(14)32/h2-9H,10H2,1H3,(H,29,32)(H2,30,31,33). The SMILES string of the molecule is COc1cc(Cl)c(C(F)(F)F)cc1NC(=O)Nc1ccc(Oc2ccc3c(c2)CNC3=O)cc1Cl. The summed E-state index contributed by atoms with van der Waals surface area (Å²) in [5.74, 6) is 0.658. The summed E-state index contributed by atoms with van der Waals surface area (Å²) in [5, 5.41) is 7.03. The van der Waals surface area contributed by atoms with Gasteiger partial charge in [0, 0.05) is 24.2 Å². The highest BCUT2D eigenvalue weighted by molar-refractivity contribution is 6.34. The van der Waals surface area contributed by atoms with E-state index in [2.05, 4.69) is 16.0 Å². The van der Waals surface area contributed by atoms with Crippen LogP contribution in [0.15, 0.2) is 48.5 Å². The van der Waals surface area contributed by atoms with Crippen LogP contribution in [0.4, 0.5) is 29.3 Å². The summed E-state index contributed by atoms with van der Waals surface area (Å²) in [5.41, 5.74) is 0.216. The van der Waals surface area contributed by atoms with Crippen LogP contribution in [0.2, 0.25) is 10.0 Å². The monoisotopic (exact) mass is 525 g/mol. The zero-order chi connectivity index (χ0) is 25.3. The van der Waals surface area contributed by atoms with Gasteiger partial charge in [-0.25, -0.2) is 4.79 Å². The average Bonchev–Trinajstić information content (AvgIpc) is 3.15. The van der Waals surface area contributed by atoms with Crippen molar-refractivity contribution in [3.63, 3.8) is 0 Å². The molecule has 0 aliphatic carbocycles. The van der Waals surface area contributed by atoms with Crippen LogP contribution in [0.5, 0.6) is 17.2 Å². The minimum atomic E-state index is -4.72. The maximum atomic E-state index is 13.2. The molecule has 0 atom stereocenters. The summed E-state index contributed by atoms with van der Waals surface area (Å²) in [6, 6.07) is 10.3. The molecule has 0 saturated heterocycles. The van der Waals surface area contributed by atoms with E-state index in [0.29, 0.717) is 29.7 Å². The predicted octanol–water partition coefficient (Wildman–Crippen LogP) is 6.70. The van der Waals surface area contributed by atoms with Gasteiger partial charge in [0.25, 0.3) is 5.91 Å². The van der Waals surface area contributed by atoms with Crippen molar-refractivity contribution in [2.45, 2.75) is 12.7 Å². The Morgan fingerprint density at radius 3 is 2.34 bits per heavy atom. The lowest BCUT2D eigenvalue weighted by molar-refractivity contribution is -0.137. The molecule has 0 spiro atoms. The van der Waals surface area contributed by atoms with E-state index in [9.17, 15) is 22.8 Å². The molecule has 3 N–H and O–H groups in total. The second-order valence-corrected chi connectivity index (χ2v) is 8.17. The van der Waals surface area contributed by atoms with Crippen LogP contribution in [0.25, 0.3) is 0 Å². The third kappa shape index (κ3) is 5.39. The lowest BCUT2D eigenvalue weighted by Crippen LogP contribution is -2.20. The van der Waals surface area contributed by atoms with Crippen molar-refractivity contribution >= 4 is 46.5 Å². The first-order valence-electron chi connectivity index (χ1n) is 9.96. The van der Waals surface area contributed by atoms with Gasteiger partial charge >= 0.3 is 12.2 Å². The molecular weight excluding hydrogens is 510 g/mol. The van der Waals surface area contributed by atoms with Gasteiger partial charge in [0.1, 0.15) is 17.2 Å². The fraction of sp³-hybridized carbons (Fsp3) is 0.130. The van der Waals surface area contributed by atoms with Crippen molar-refractivity contribution in [1.82, 2.24) is 5.32 Å². The number of ether oxygens (including phenoxy) is 2. The predicted molar refractivity (Wildman–Crippen MR) is 125 cm³/mol. The van der Waals surface area contributed by atoms with E-state index in [1.807, 2.05) is 0 Å². The van der Waals surface area contributed by atoms with Crippen molar-refractivity contribution in [3.05, 3.63) is 75.3 Å². The van der Waals surface area contributed by atoms with Crippen molar-refractivity contribution in [2.24, 2.45) is 0 Å². The zero-order valence-electron chi connectivity index (χ0n) is 17.8. The number of anilines is 2. The molecule has 1 heterocycles. The molecule has 3 aromatic rings. The molecule has 0 aromatic heterocycles. The van der Waals surface area contributed by atoms with Gasteiger partial charge in [-0.3, -0.25) is 4.79 Å². The first kappa shape index (κ1) is 24.5. The number of hydrogen-bond acceptors (Lipinski definition) is 4. The molecule has 12 heteroatoms. The molecule has 0 fully saturated rings. The molecule has 4 rings (SSSR count). The fourth-order valence-electron chi connectivity index (χ4n) is 3.38. The third-order valence-corrected chi connectivity index (χ3v) is 5.65. The van der Waals surface area contributed by atoms with Crippen LogP contribution >= 0.6 is 23.2 Å². The van der Waals surface area contributed by atoms with Gasteiger partial charge in [0.05, 0.1) is 34.1 Å². The average molecular weight is 526 g/mol. The third-order valence-electron chi connectivity index (χ3n) is 5.03. The molecule has 0 bridgehead atoms. The summed E-state index contributed by atoms with van der Waals surface area (Å²) in [4.78, 5) is 24.1. The Balaban J connectivity index is 1.47. The highest BCUT2D eigenvalue weighted by Gasteiger charge is 2.34. The second-order valence-electron chi connectivity index (χ2n) is 7.35. The molecule has 1 aliphatic rings. The summed E-state index contributed by atoms with van der Waals surface area (Å²) < 4.78 is 50.3. The first-order chi connectivity index (χ1) is 16.5. The number of benzene rings is 3. The Morgan fingerprint density at radius 1 is 0.971 bits per heavy atom. The number of nitrogens with one attached hydrogen (secondary N) is 3. The van der Waals surface area contributed by atoms with E-state index < -0.39 is 22.8 Å². The van der Waals surface area contributed by atoms with Crippen LogP contribution in [0.1, 0.15) is 21.5 Å². The minimum Gasteiger partial charge on any atom is -0.495 e. The van der Waals surface area contributed by atoms with Crippen molar-refractivity contribution in [3.8, 4) is 17.2 Å². The minimum absolute atomic E-state index is 0.0563. The second kappa shape index (κ2) is 9.55. The number of halogens is 5. The molecular formula is C23H16Cl2F3N3O4. The van der Waals surface area contributed by atoms with E-state index in [1.54, 1.807) is 24.3 Å². The highest BCUT2D eigenvalue weighted by atomic mass is 35.5. The fourth-order valence-corrected chi connectivity index (χ4v) is 3.86. The molecule has 7 nitrogen and oxygen atoms in total. The van der Waals surface area contributed by atoms with Crippen molar-refractivity contribution < 1.29 is 32.2 Å². The zero-order valence-corrected chi connectivity index (χ0v) is 19.4. The number of fused-ring (bicyclic) bond motifs is 1. The van der Waals surface area contributed by atoms with Gasteiger partial charge in [-0.05, 0) is 42.0 Å². The molecule has 35 heavy (non-hydrogen) atoms. The Bertz CT molecular complexity index is 1330. The largest absolute Gasteiger partial charge is 0.495 e. The Kier molecular flexibility index (Phi) is 6.68. The lowest BCUT2D eigenvalue weighted by atomic mass is 10.1. The number of amides is 3. The summed E-state index contributed by atoms with van der Waals surface area (Å²) in [6.07, 6.45) is -4.72. The lowest BCUT2D eigenvalue weighted by Gasteiger charge is -2.16. The van der Waals surface area contributed by atoms with Gasteiger partial charge in [0.15, 0.2) is 0 Å². The van der Waals surface area contributed by atoms with Gasteiger partial charge in [-0.1, -0.05) is 23.2 Å². The quantitative estimate of drug-likeness (QED) is 0.345. The number of alkyl halides is 3. The number of carbonyl (C=O) groups is 2. The number of hydrogen-bond donors (Lipinski definition) is 3. The van der Waals surface area contributed by atoms with E-state index in [1.165, 1.54) is 19.2 Å². The smallest absolute Gasteiger partial charge is 0.417 e. The maximum absolute atomic E-state index is 13.2. The highest BCUT2D eigenvalue weighted by Crippen LogP contribution is 2.40. The number of urea groups is 1. The van der Waals surface area contributed by atoms with E-state index in [0.717, 1.165) is 11.6 Å². The summed E-state index contributed by atoms with van der Waals surface area (Å²) in [6.45, 7) is 0.410. The summed E-state index contributed by atoms with van der Waals surface area (Å²) >= 11 is 11.9. The maximum Gasteiger partial charge on any atom is 0.417 e. The Labute approximate surface area is 207 Å². The van der Waals surface area contributed by atoms with E-state index >= 15 is 0 Å². The molecule has 0 radical (unpaired) electrons. The number of carbonyl (C=O) groups excluding carboxylic acids is 2. The van der Waals surface area contributed by atoms with Crippen molar-refractivity contribution in [1.29, 1.82) is 0 Å². The Hall–Kier alpha value is -3.63. The molecule has 0 saturated carbocycles. The topological polar surface area (TPSA) is 88.7 Å². The van der Waals surface area contributed by atoms with Gasteiger partial charge in [0.2, 0.25) is 0 Å². The first-order valence-corrected chi connectivity index (χ1v) is 10.7. The van der Waals surface area contributed by atoms with Gasteiger partial charge in [-0.2, -0.15) is 13.2 Å². The number of methoxy groups -OCH3 is 1. The van der Waals surface area contributed by atoms with E-state index in [4.69, 9.17) is 32.7 Å². The number of rotatable bonds is 5. The molecule has 182 valence electrons. The Morgan fingerprint density at radius 2 is 1.66 bits per heavy atom. The normalized spacial score (nSPS) is 12.6. The van der Waals surface area contributed by atoms with Crippen molar-refractivity contribution in [2.75, 3.05) is 17.7 Å². The molecule has 3 aromatic carbocycles.